The standard InChI is InChI=1S/C12H15ClN2O2/c1-8-10(13)3-2-4-11(8)15-9(7-14)5-6-17-12(15)16/h2-4,9H,5-7,14H2,1H3. The van der Waals surface area contributed by atoms with Gasteiger partial charge in [0.05, 0.1) is 18.3 Å². The molecule has 1 aromatic rings. The van der Waals surface area contributed by atoms with Crippen LogP contribution in [0, 0.1) is 6.92 Å². The maximum atomic E-state index is 11.8. The maximum absolute atomic E-state index is 11.8. The molecule has 1 unspecified atom stereocenters. The van der Waals surface area contributed by atoms with Crippen molar-refractivity contribution in [2.45, 2.75) is 19.4 Å². The van der Waals surface area contributed by atoms with Gasteiger partial charge in [0.1, 0.15) is 0 Å². The molecule has 0 saturated carbocycles. The lowest BCUT2D eigenvalue weighted by atomic mass is 10.1. The highest BCUT2D eigenvalue weighted by Gasteiger charge is 2.31. The van der Waals surface area contributed by atoms with Gasteiger partial charge in [-0.15, -0.1) is 0 Å². The van der Waals surface area contributed by atoms with Gasteiger partial charge in [0.25, 0.3) is 0 Å². The van der Waals surface area contributed by atoms with Crippen LogP contribution in [0.5, 0.6) is 0 Å². The number of hydrogen-bond donors (Lipinski definition) is 1. The Labute approximate surface area is 105 Å². The zero-order valence-electron chi connectivity index (χ0n) is 9.65. The van der Waals surface area contributed by atoms with Crippen LogP contribution in [0.25, 0.3) is 0 Å². The summed E-state index contributed by atoms with van der Waals surface area (Å²) >= 11 is 6.06. The molecule has 1 aromatic carbocycles. The van der Waals surface area contributed by atoms with Crippen molar-refractivity contribution in [3.63, 3.8) is 0 Å². The molecule has 2 rings (SSSR count). The molecule has 5 heteroatoms. The number of halogens is 1. The minimum atomic E-state index is -0.350. The van der Waals surface area contributed by atoms with Crippen molar-refractivity contribution in [3.05, 3.63) is 28.8 Å². The zero-order chi connectivity index (χ0) is 12.4. The van der Waals surface area contributed by atoms with Gasteiger partial charge >= 0.3 is 6.09 Å². The Morgan fingerprint density at radius 1 is 1.59 bits per heavy atom. The van der Waals surface area contributed by atoms with Crippen molar-refractivity contribution < 1.29 is 9.53 Å². The molecule has 1 aliphatic heterocycles. The number of hydrogen-bond acceptors (Lipinski definition) is 3. The fraction of sp³-hybridized carbons (Fsp3) is 0.417. The molecular formula is C12H15ClN2O2. The smallest absolute Gasteiger partial charge is 0.414 e. The third kappa shape index (κ3) is 2.23. The SMILES string of the molecule is Cc1c(Cl)cccc1N1C(=O)OCCC1CN. The number of amides is 1. The number of ether oxygens (including phenoxy) is 1. The van der Waals surface area contributed by atoms with Gasteiger partial charge < -0.3 is 10.5 Å². The molecule has 0 spiro atoms. The molecule has 1 atom stereocenters. The van der Waals surface area contributed by atoms with Gasteiger partial charge in [0.2, 0.25) is 0 Å². The van der Waals surface area contributed by atoms with Crippen molar-refractivity contribution in [3.8, 4) is 0 Å². The van der Waals surface area contributed by atoms with Crippen LogP contribution in [0.4, 0.5) is 10.5 Å². The van der Waals surface area contributed by atoms with Gasteiger partial charge in [-0.1, -0.05) is 17.7 Å². The second-order valence-corrected chi connectivity index (χ2v) is 4.45. The zero-order valence-corrected chi connectivity index (χ0v) is 10.4. The van der Waals surface area contributed by atoms with E-state index < -0.39 is 0 Å². The van der Waals surface area contributed by atoms with E-state index in [4.69, 9.17) is 22.1 Å². The summed E-state index contributed by atoms with van der Waals surface area (Å²) < 4.78 is 5.06. The van der Waals surface area contributed by atoms with Gasteiger partial charge in [-0.2, -0.15) is 0 Å². The number of cyclic esters (lactones) is 1. The summed E-state index contributed by atoms with van der Waals surface area (Å²) in [7, 11) is 0. The molecule has 1 saturated heterocycles. The van der Waals surface area contributed by atoms with E-state index in [9.17, 15) is 4.79 Å². The van der Waals surface area contributed by atoms with Gasteiger partial charge in [-0.25, -0.2) is 4.79 Å². The van der Waals surface area contributed by atoms with Crippen molar-refractivity contribution in [2.24, 2.45) is 5.73 Å². The first-order chi connectivity index (χ1) is 8.15. The highest BCUT2D eigenvalue weighted by atomic mass is 35.5. The van der Waals surface area contributed by atoms with Crippen molar-refractivity contribution in [1.82, 2.24) is 0 Å². The predicted octanol–water partition coefficient (Wildman–Crippen LogP) is 2.32. The summed E-state index contributed by atoms with van der Waals surface area (Å²) in [6.07, 6.45) is 0.394. The Bertz CT molecular complexity index is 437. The topological polar surface area (TPSA) is 55.6 Å². The Morgan fingerprint density at radius 3 is 3.06 bits per heavy atom. The predicted molar refractivity (Wildman–Crippen MR) is 67.5 cm³/mol. The molecule has 0 aromatic heterocycles. The molecule has 1 heterocycles. The Hall–Kier alpha value is -1.26. The van der Waals surface area contributed by atoms with Gasteiger partial charge in [-0.3, -0.25) is 4.90 Å². The largest absolute Gasteiger partial charge is 0.449 e. The molecule has 1 aliphatic rings. The second kappa shape index (κ2) is 4.94. The van der Waals surface area contributed by atoms with Gasteiger partial charge in [0.15, 0.2) is 0 Å². The molecule has 17 heavy (non-hydrogen) atoms. The number of nitrogens with zero attached hydrogens (tertiary/aromatic N) is 1. The van der Waals surface area contributed by atoms with Crippen LogP contribution in [0.1, 0.15) is 12.0 Å². The summed E-state index contributed by atoms with van der Waals surface area (Å²) in [6.45, 7) is 2.73. The molecule has 2 N–H and O–H groups in total. The summed E-state index contributed by atoms with van der Waals surface area (Å²) in [5.74, 6) is 0. The monoisotopic (exact) mass is 254 g/mol. The van der Waals surface area contributed by atoms with E-state index in [1.807, 2.05) is 19.1 Å². The van der Waals surface area contributed by atoms with Crippen LogP contribution in [0.15, 0.2) is 18.2 Å². The quantitative estimate of drug-likeness (QED) is 0.881. The molecule has 0 bridgehead atoms. The molecule has 4 nitrogen and oxygen atoms in total. The number of nitrogens with two attached hydrogens (primary N) is 1. The second-order valence-electron chi connectivity index (χ2n) is 4.05. The summed E-state index contributed by atoms with van der Waals surface area (Å²) in [4.78, 5) is 13.4. The van der Waals surface area contributed by atoms with Crippen LogP contribution in [0.3, 0.4) is 0 Å². The van der Waals surface area contributed by atoms with Crippen LogP contribution >= 0.6 is 11.6 Å². The molecular weight excluding hydrogens is 240 g/mol. The van der Waals surface area contributed by atoms with Gasteiger partial charge in [0, 0.05) is 18.0 Å². The first-order valence-corrected chi connectivity index (χ1v) is 5.94. The highest BCUT2D eigenvalue weighted by molar-refractivity contribution is 6.31. The van der Waals surface area contributed by atoms with Crippen molar-refractivity contribution in [2.75, 3.05) is 18.1 Å². The van der Waals surface area contributed by atoms with Crippen LogP contribution in [0.2, 0.25) is 5.02 Å². The van der Waals surface area contributed by atoms with Crippen molar-refractivity contribution >= 4 is 23.4 Å². The summed E-state index contributed by atoms with van der Waals surface area (Å²) in [5, 5.41) is 0.636. The molecule has 0 radical (unpaired) electrons. The van der Waals surface area contributed by atoms with Gasteiger partial charge in [-0.05, 0) is 24.6 Å². The number of rotatable bonds is 2. The van der Waals surface area contributed by atoms with Crippen LogP contribution in [-0.4, -0.2) is 25.3 Å². The molecule has 1 fully saturated rings. The van der Waals surface area contributed by atoms with E-state index >= 15 is 0 Å². The van der Waals surface area contributed by atoms with E-state index in [1.165, 1.54) is 0 Å². The normalized spacial score (nSPS) is 20.3. The summed E-state index contributed by atoms with van der Waals surface area (Å²) in [5.41, 5.74) is 7.34. The average molecular weight is 255 g/mol. The lowest BCUT2D eigenvalue weighted by Crippen LogP contribution is -2.49. The van der Waals surface area contributed by atoms with Crippen molar-refractivity contribution in [1.29, 1.82) is 0 Å². The molecule has 1 amide bonds. The lowest BCUT2D eigenvalue weighted by Gasteiger charge is -2.35. The fourth-order valence-electron chi connectivity index (χ4n) is 2.01. The van der Waals surface area contributed by atoms with E-state index in [1.54, 1.807) is 11.0 Å². The highest BCUT2D eigenvalue weighted by Crippen LogP contribution is 2.30. The number of benzene rings is 1. The fourth-order valence-corrected chi connectivity index (χ4v) is 2.17. The van der Waals surface area contributed by atoms with E-state index in [0.717, 1.165) is 17.7 Å². The Kier molecular flexibility index (Phi) is 3.54. The first kappa shape index (κ1) is 12.2. The first-order valence-electron chi connectivity index (χ1n) is 5.56. The van der Waals surface area contributed by atoms with E-state index in [2.05, 4.69) is 0 Å². The molecule has 92 valence electrons. The summed E-state index contributed by atoms with van der Waals surface area (Å²) in [6, 6.07) is 5.46. The number of carbonyl (C=O) groups excluding carboxylic acids is 1. The van der Waals surface area contributed by atoms with E-state index in [-0.39, 0.29) is 12.1 Å². The minimum absolute atomic E-state index is 0.0200. The number of anilines is 1. The average Bonchev–Trinajstić information content (AvgIpc) is 2.33. The molecule has 0 aliphatic carbocycles. The Balaban J connectivity index is 2.41. The van der Waals surface area contributed by atoms with Crippen LogP contribution in [-0.2, 0) is 4.74 Å². The third-order valence-electron chi connectivity index (χ3n) is 3.01. The lowest BCUT2D eigenvalue weighted by molar-refractivity contribution is 0.130. The minimum Gasteiger partial charge on any atom is -0.449 e. The van der Waals surface area contributed by atoms with Crippen LogP contribution < -0.4 is 10.6 Å². The third-order valence-corrected chi connectivity index (χ3v) is 3.42. The van der Waals surface area contributed by atoms with E-state index in [0.29, 0.717) is 18.2 Å². The Morgan fingerprint density at radius 2 is 2.35 bits per heavy atom. The maximum Gasteiger partial charge on any atom is 0.414 e. The number of carbonyl (C=O) groups is 1.